The van der Waals surface area contributed by atoms with Crippen LogP contribution in [0.4, 0.5) is 0 Å². The number of methoxy groups -OCH3 is 1. The van der Waals surface area contributed by atoms with Gasteiger partial charge in [0, 0.05) is 0 Å². The Hall–Kier alpha value is -0.327. The molecule has 0 saturated carbocycles. The van der Waals surface area contributed by atoms with Gasteiger partial charge in [-0.1, -0.05) is 0 Å². The molecule has 0 aliphatic heterocycles. The average Bonchev–Trinajstić information content (AvgIpc) is 2.05. The Morgan fingerprint density at radius 3 is 2.40 bits per heavy atom. The predicted molar refractivity (Wildman–Crippen MR) is 37.6 cm³/mol. The van der Waals surface area contributed by atoms with Gasteiger partial charge in [0.1, 0.15) is 0 Å². The van der Waals surface area contributed by atoms with Crippen molar-refractivity contribution in [2.75, 3.05) is 7.11 Å². The molecule has 2 heteroatoms. The minimum atomic E-state index is 0.849. The third kappa shape index (κ3) is 1.83. The topological polar surface area (TPSA) is 9.23 Å². The molecule has 0 heterocycles. The molecule has 0 atom stereocenters. The van der Waals surface area contributed by atoms with Crippen LogP contribution >= 0.6 is 0 Å². The second-order valence-electron chi connectivity index (χ2n) is 1.82. The van der Waals surface area contributed by atoms with Crippen LogP contribution in [-0.2, 0) is 22.6 Å². The summed E-state index contributed by atoms with van der Waals surface area (Å²) in [6.45, 7) is 0. The molecule has 0 N–H and O–H groups in total. The normalized spacial score (nSPS) is 9.40. The Labute approximate surface area is 70.2 Å². The van der Waals surface area contributed by atoms with E-state index >= 15 is 0 Å². The van der Waals surface area contributed by atoms with Crippen LogP contribution in [0.3, 0.4) is 0 Å². The standard InChI is InChI=1S/C8H8O.Rh/c1-9-7-8-5-3-2-4-6-8;/h2-6H,1H3;. The SMILES string of the molecule is CO[C](=[Rh])c1ccccc1. The van der Waals surface area contributed by atoms with Gasteiger partial charge in [0.25, 0.3) is 0 Å². The van der Waals surface area contributed by atoms with Crippen LogP contribution in [-0.4, -0.2) is 11.4 Å². The van der Waals surface area contributed by atoms with E-state index in [9.17, 15) is 0 Å². The maximum atomic E-state index is 5.00. The zero-order chi connectivity index (χ0) is 7.40. The molecule has 0 aromatic heterocycles. The fraction of sp³-hybridized carbons (Fsp3) is 0.125. The van der Waals surface area contributed by atoms with E-state index in [-0.39, 0.29) is 0 Å². The van der Waals surface area contributed by atoms with Gasteiger partial charge in [0.05, 0.1) is 0 Å². The van der Waals surface area contributed by atoms with Crippen molar-refractivity contribution < 1.29 is 22.6 Å². The first kappa shape index (κ1) is 7.78. The summed E-state index contributed by atoms with van der Waals surface area (Å²) >= 11 is 2.73. The van der Waals surface area contributed by atoms with Gasteiger partial charge in [-0.15, -0.1) is 0 Å². The molecule has 0 bridgehead atoms. The van der Waals surface area contributed by atoms with Gasteiger partial charge in [0.15, 0.2) is 0 Å². The van der Waals surface area contributed by atoms with Crippen LogP contribution in [0, 0.1) is 0 Å². The molecule has 1 rings (SSSR count). The predicted octanol–water partition coefficient (Wildman–Crippen LogP) is 1.36. The van der Waals surface area contributed by atoms with Gasteiger partial charge < -0.3 is 0 Å². The second kappa shape index (κ2) is 3.75. The van der Waals surface area contributed by atoms with Crippen molar-refractivity contribution in [3.8, 4) is 0 Å². The Kier molecular flexibility index (Phi) is 2.91. The van der Waals surface area contributed by atoms with Crippen molar-refractivity contribution in [1.82, 2.24) is 0 Å². The monoisotopic (exact) mass is 223 g/mol. The third-order valence-electron chi connectivity index (χ3n) is 1.16. The zero-order valence-corrected chi connectivity index (χ0v) is 7.27. The third-order valence-corrected chi connectivity index (χ3v) is 1.97. The van der Waals surface area contributed by atoms with Crippen LogP contribution in [0.1, 0.15) is 5.56 Å². The molecule has 0 spiro atoms. The molecule has 55 valence electrons. The van der Waals surface area contributed by atoms with E-state index in [1.165, 1.54) is 0 Å². The van der Waals surface area contributed by atoms with Crippen molar-refractivity contribution in [3.63, 3.8) is 0 Å². The summed E-state index contributed by atoms with van der Waals surface area (Å²) in [6.07, 6.45) is 0. The number of benzene rings is 1. The van der Waals surface area contributed by atoms with Gasteiger partial charge in [-0.3, -0.25) is 0 Å². The van der Waals surface area contributed by atoms with Crippen molar-refractivity contribution in [1.29, 1.82) is 0 Å². The van der Waals surface area contributed by atoms with E-state index in [2.05, 4.69) is 17.9 Å². The Balaban J connectivity index is 2.85. The average molecular weight is 223 g/mol. The summed E-state index contributed by atoms with van der Waals surface area (Å²) in [5, 5.41) is 0. The molecule has 0 aliphatic rings. The van der Waals surface area contributed by atoms with Crippen LogP contribution in [0.15, 0.2) is 30.3 Å². The van der Waals surface area contributed by atoms with Gasteiger partial charge in [0.2, 0.25) is 0 Å². The zero-order valence-electron chi connectivity index (χ0n) is 5.63. The van der Waals surface area contributed by atoms with Crippen LogP contribution < -0.4 is 0 Å². The van der Waals surface area contributed by atoms with E-state index in [0.717, 1.165) is 9.86 Å². The molecule has 0 amide bonds. The number of hydrogen-bond acceptors (Lipinski definition) is 1. The molecule has 0 aliphatic carbocycles. The molecule has 0 fully saturated rings. The quantitative estimate of drug-likeness (QED) is 0.688. The summed E-state index contributed by atoms with van der Waals surface area (Å²) in [5.74, 6) is 0. The second-order valence-corrected chi connectivity index (χ2v) is 2.57. The van der Waals surface area contributed by atoms with E-state index in [1.807, 2.05) is 30.3 Å². The van der Waals surface area contributed by atoms with Crippen LogP contribution in [0.5, 0.6) is 0 Å². The maximum absolute atomic E-state index is 5.00. The molecule has 1 nitrogen and oxygen atoms in total. The summed E-state index contributed by atoms with van der Waals surface area (Å²) in [7, 11) is 1.66. The van der Waals surface area contributed by atoms with E-state index in [4.69, 9.17) is 4.74 Å². The van der Waals surface area contributed by atoms with E-state index < -0.39 is 0 Å². The van der Waals surface area contributed by atoms with Crippen LogP contribution in [0.25, 0.3) is 0 Å². The Morgan fingerprint density at radius 1 is 1.30 bits per heavy atom. The van der Waals surface area contributed by atoms with E-state index in [1.54, 1.807) is 7.11 Å². The summed E-state index contributed by atoms with van der Waals surface area (Å²) in [4.78, 5) is 0. The first-order chi connectivity index (χ1) is 4.84. The minimum absolute atomic E-state index is 0.849. The fourth-order valence-electron chi connectivity index (χ4n) is 0.680. The van der Waals surface area contributed by atoms with Gasteiger partial charge in [-0.05, 0) is 0 Å². The van der Waals surface area contributed by atoms with Crippen molar-refractivity contribution in [2.24, 2.45) is 0 Å². The molecular weight excluding hydrogens is 215 g/mol. The number of ether oxygens (including phenoxy) is 1. The molecule has 0 unspecified atom stereocenters. The molecule has 1 aromatic carbocycles. The van der Waals surface area contributed by atoms with E-state index in [0.29, 0.717) is 0 Å². The van der Waals surface area contributed by atoms with Crippen molar-refractivity contribution >= 4 is 4.29 Å². The summed E-state index contributed by atoms with van der Waals surface area (Å²) in [6, 6.07) is 9.94. The molecule has 0 saturated heterocycles. The van der Waals surface area contributed by atoms with Crippen molar-refractivity contribution in [2.45, 2.75) is 0 Å². The van der Waals surface area contributed by atoms with Gasteiger partial charge in [-0.2, -0.15) is 0 Å². The summed E-state index contributed by atoms with van der Waals surface area (Å²) in [5.41, 5.74) is 1.09. The Morgan fingerprint density at radius 2 is 1.90 bits per heavy atom. The fourth-order valence-corrected chi connectivity index (χ4v) is 0.953. The van der Waals surface area contributed by atoms with Gasteiger partial charge in [-0.25, -0.2) is 0 Å². The first-order valence-electron chi connectivity index (χ1n) is 2.94. The number of hydrogen-bond donors (Lipinski definition) is 0. The number of rotatable bonds is 2. The molecule has 1 aromatic rings. The summed E-state index contributed by atoms with van der Waals surface area (Å²) < 4.78 is 5.85. The molecule has 10 heavy (non-hydrogen) atoms. The Bertz CT molecular complexity index is 218. The van der Waals surface area contributed by atoms with Crippen molar-refractivity contribution in [3.05, 3.63) is 35.9 Å². The molecule has 0 radical (unpaired) electrons. The van der Waals surface area contributed by atoms with Gasteiger partial charge >= 0.3 is 69.9 Å². The molecular formula is C8H8ORh. The van der Waals surface area contributed by atoms with Crippen LogP contribution in [0.2, 0.25) is 0 Å². The first-order valence-corrected chi connectivity index (χ1v) is 3.76.